The van der Waals surface area contributed by atoms with E-state index >= 15 is 0 Å². The van der Waals surface area contributed by atoms with Crippen LogP contribution in [0.2, 0.25) is 0 Å². The molecule has 1 fully saturated rings. The second-order valence-corrected chi connectivity index (χ2v) is 7.39. The molecule has 0 bridgehead atoms. The van der Waals surface area contributed by atoms with Crippen molar-refractivity contribution >= 4 is 17.2 Å². The number of fused-ring (bicyclic) bond motifs is 1. The van der Waals surface area contributed by atoms with E-state index in [0.29, 0.717) is 0 Å². The number of aliphatic hydroxyl groups excluding tert-OH is 1. The fraction of sp³-hybridized carbons (Fsp3) is 0.421. The van der Waals surface area contributed by atoms with Gasteiger partial charge >= 0.3 is 0 Å². The van der Waals surface area contributed by atoms with E-state index in [4.69, 9.17) is 0 Å². The van der Waals surface area contributed by atoms with Gasteiger partial charge in [-0.3, -0.25) is 9.69 Å². The third-order valence-electron chi connectivity index (χ3n) is 5.22. The average molecular weight is 342 g/mol. The van der Waals surface area contributed by atoms with Gasteiger partial charge < -0.3 is 10.0 Å². The van der Waals surface area contributed by atoms with Gasteiger partial charge in [-0.25, -0.2) is 0 Å². The molecule has 4 nitrogen and oxygen atoms in total. The first kappa shape index (κ1) is 15.8. The zero-order valence-electron chi connectivity index (χ0n) is 13.6. The molecule has 2 heterocycles. The molecule has 1 aromatic heterocycles. The highest BCUT2D eigenvalue weighted by Gasteiger charge is 2.35. The number of thiophene rings is 1. The molecule has 126 valence electrons. The van der Waals surface area contributed by atoms with Gasteiger partial charge in [-0.2, -0.15) is 11.3 Å². The first-order valence-corrected chi connectivity index (χ1v) is 9.50. The summed E-state index contributed by atoms with van der Waals surface area (Å²) in [6, 6.07) is 10.2. The monoisotopic (exact) mass is 342 g/mol. The van der Waals surface area contributed by atoms with Crippen molar-refractivity contribution in [3.63, 3.8) is 0 Å². The van der Waals surface area contributed by atoms with Crippen LogP contribution in [0.4, 0.5) is 0 Å². The van der Waals surface area contributed by atoms with Crippen molar-refractivity contribution in [2.24, 2.45) is 0 Å². The molecule has 24 heavy (non-hydrogen) atoms. The van der Waals surface area contributed by atoms with Crippen molar-refractivity contribution in [2.45, 2.75) is 25.0 Å². The van der Waals surface area contributed by atoms with Crippen LogP contribution in [-0.4, -0.2) is 53.0 Å². The third kappa shape index (κ3) is 2.88. The van der Waals surface area contributed by atoms with Gasteiger partial charge in [0.2, 0.25) is 0 Å². The van der Waals surface area contributed by atoms with Crippen LogP contribution < -0.4 is 0 Å². The highest BCUT2D eigenvalue weighted by Crippen LogP contribution is 2.34. The van der Waals surface area contributed by atoms with E-state index in [1.165, 1.54) is 5.56 Å². The Morgan fingerprint density at radius 2 is 2.00 bits per heavy atom. The number of aliphatic hydroxyl groups is 1. The van der Waals surface area contributed by atoms with Crippen LogP contribution >= 0.6 is 11.3 Å². The van der Waals surface area contributed by atoms with Crippen LogP contribution in [0.15, 0.2) is 41.1 Å². The lowest BCUT2D eigenvalue weighted by atomic mass is 10.1. The minimum atomic E-state index is -0.416. The van der Waals surface area contributed by atoms with Gasteiger partial charge in [0, 0.05) is 37.6 Å². The molecule has 2 unspecified atom stereocenters. The number of amides is 1. The molecule has 1 aliphatic carbocycles. The number of hydrogen-bond acceptors (Lipinski definition) is 4. The highest BCUT2D eigenvalue weighted by molar-refractivity contribution is 7.08. The molecule has 1 N–H and O–H groups in total. The zero-order valence-corrected chi connectivity index (χ0v) is 14.4. The molecule has 1 saturated heterocycles. The Labute approximate surface area is 146 Å². The average Bonchev–Trinajstić information content (AvgIpc) is 3.17. The van der Waals surface area contributed by atoms with E-state index in [-0.39, 0.29) is 11.9 Å². The maximum atomic E-state index is 12.5. The minimum absolute atomic E-state index is 0.133. The molecule has 1 aliphatic heterocycles. The van der Waals surface area contributed by atoms with Gasteiger partial charge in [0.25, 0.3) is 5.91 Å². The normalized spacial score (nSPS) is 24.6. The molecule has 1 amide bonds. The number of nitrogens with zero attached hydrogens (tertiary/aromatic N) is 2. The number of carbonyl (C=O) groups is 1. The molecule has 2 aliphatic rings. The molecule has 0 radical (unpaired) electrons. The van der Waals surface area contributed by atoms with E-state index in [9.17, 15) is 9.90 Å². The summed E-state index contributed by atoms with van der Waals surface area (Å²) in [7, 11) is 0. The quantitative estimate of drug-likeness (QED) is 0.912. The van der Waals surface area contributed by atoms with E-state index in [1.807, 2.05) is 39.9 Å². The first-order valence-electron chi connectivity index (χ1n) is 8.55. The second-order valence-electron chi connectivity index (χ2n) is 6.61. The summed E-state index contributed by atoms with van der Waals surface area (Å²) in [5.41, 5.74) is 3.12. The van der Waals surface area contributed by atoms with E-state index in [2.05, 4.69) is 11.0 Å². The summed E-state index contributed by atoms with van der Waals surface area (Å²) in [6.07, 6.45) is 1.44. The number of hydrogen-bond donors (Lipinski definition) is 1. The maximum absolute atomic E-state index is 12.5. The topological polar surface area (TPSA) is 43.8 Å². The van der Waals surface area contributed by atoms with Crippen molar-refractivity contribution in [1.82, 2.24) is 9.80 Å². The highest BCUT2D eigenvalue weighted by atomic mass is 32.1. The predicted octanol–water partition coefficient (Wildman–Crippen LogP) is 2.55. The van der Waals surface area contributed by atoms with Crippen LogP contribution in [0.25, 0.3) is 0 Å². The summed E-state index contributed by atoms with van der Waals surface area (Å²) < 4.78 is 0. The summed E-state index contributed by atoms with van der Waals surface area (Å²) in [4.78, 5) is 16.9. The molecule has 0 saturated carbocycles. The fourth-order valence-electron chi connectivity index (χ4n) is 3.92. The lowest BCUT2D eigenvalue weighted by Gasteiger charge is -2.30. The van der Waals surface area contributed by atoms with E-state index in [1.54, 1.807) is 11.3 Å². The van der Waals surface area contributed by atoms with Crippen molar-refractivity contribution in [3.8, 4) is 0 Å². The van der Waals surface area contributed by atoms with E-state index in [0.717, 1.165) is 50.1 Å². The minimum Gasteiger partial charge on any atom is -0.387 e. The number of rotatable bonds is 2. The van der Waals surface area contributed by atoms with Gasteiger partial charge in [-0.1, -0.05) is 24.3 Å². The van der Waals surface area contributed by atoms with Gasteiger partial charge in [-0.05, 0) is 35.4 Å². The van der Waals surface area contributed by atoms with Crippen molar-refractivity contribution in [2.75, 3.05) is 26.2 Å². The Morgan fingerprint density at radius 3 is 2.79 bits per heavy atom. The lowest BCUT2D eigenvalue weighted by molar-refractivity contribution is 0.0605. The van der Waals surface area contributed by atoms with Gasteiger partial charge in [-0.15, -0.1) is 0 Å². The SMILES string of the molecule is O=C(c1ccsc1)N1CCCN(C2Cc3ccccc3C2O)CC1. The molecule has 2 aromatic rings. The van der Waals surface area contributed by atoms with Crippen molar-refractivity contribution in [3.05, 3.63) is 57.8 Å². The Bertz CT molecular complexity index is 716. The predicted molar refractivity (Wildman–Crippen MR) is 95.3 cm³/mol. The van der Waals surface area contributed by atoms with Gasteiger partial charge in [0.15, 0.2) is 0 Å². The summed E-state index contributed by atoms with van der Waals surface area (Å²) >= 11 is 1.56. The van der Waals surface area contributed by atoms with Crippen molar-refractivity contribution in [1.29, 1.82) is 0 Å². The smallest absolute Gasteiger partial charge is 0.254 e. The molecule has 0 spiro atoms. The molecule has 1 aromatic carbocycles. The zero-order chi connectivity index (χ0) is 16.5. The van der Waals surface area contributed by atoms with Crippen molar-refractivity contribution < 1.29 is 9.90 Å². The van der Waals surface area contributed by atoms with Crippen LogP contribution in [0, 0.1) is 0 Å². The first-order chi connectivity index (χ1) is 11.7. The Kier molecular flexibility index (Phi) is 4.39. The maximum Gasteiger partial charge on any atom is 0.254 e. The van der Waals surface area contributed by atoms with E-state index < -0.39 is 6.10 Å². The summed E-state index contributed by atoms with van der Waals surface area (Å²) in [5.74, 6) is 0.133. The van der Waals surface area contributed by atoms with Crippen LogP contribution in [0.1, 0.15) is 34.0 Å². The lowest BCUT2D eigenvalue weighted by Crippen LogP contribution is -2.41. The molecule has 2 atom stereocenters. The second kappa shape index (κ2) is 6.67. The Morgan fingerprint density at radius 1 is 1.12 bits per heavy atom. The fourth-order valence-corrected chi connectivity index (χ4v) is 4.55. The third-order valence-corrected chi connectivity index (χ3v) is 5.91. The van der Waals surface area contributed by atoms with Crippen LogP contribution in [0.5, 0.6) is 0 Å². The summed E-state index contributed by atoms with van der Waals surface area (Å²) in [5, 5.41) is 14.6. The molecule has 4 rings (SSSR count). The molecular weight excluding hydrogens is 320 g/mol. The molecule has 5 heteroatoms. The Balaban J connectivity index is 1.43. The summed E-state index contributed by atoms with van der Waals surface area (Å²) in [6.45, 7) is 3.28. The standard InChI is InChI=1S/C19H22N2O2S/c22-18-16-5-2-1-4-14(16)12-17(18)20-7-3-8-21(10-9-20)19(23)15-6-11-24-13-15/h1-2,4-6,11,13,17-18,22H,3,7-10,12H2. The van der Waals surface area contributed by atoms with Crippen LogP contribution in [0.3, 0.4) is 0 Å². The largest absolute Gasteiger partial charge is 0.387 e. The van der Waals surface area contributed by atoms with Crippen LogP contribution in [-0.2, 0) is 6.42 Å². The van der Waals surface area contributed by atoms with Gasteiger partial charge in [0.05, 0.1) is 11.7 Å². The van der Waals surface area contributed by atoms with Gasteiger partial charge in [0.1, 0.15) is 0 Å². The number of carbonyl (C=O) groups excluding carboxylic acids is 1. The molecular formula is C19H22N2O2S. The Hall–Kier alpha value is -1.69. The number of benzene rings is 1.